The van der Waals surface area contributed by atoms with Gasteiger partial charge in [-0.15, -0.1) is 0 Å². The van der Waals surface area contributed by atoms with E-state index in [0.29, 0.717) is 16.6 Å². The standard InChI is InChI=1S/C10H7N3O/c1-7(14)13-5-3-9-8(6-11)2-4-12-10(9)13/h2-5H,1H3. The van der Waals surface area contributed by atoms with Gasteiger partial charge in [0, 0.05) is 24.7 Å². The topological polar surface area (TPSA) is 58.7 Å². The Morgan fingerprint density at radius 3 is 3.00 bits per heavy atom. The molecule has 2 rings (SSSR count). The maximum atomic E-state index is 11.2. The number of nitrogens with zero attached hydrogens (tertiary/aromatic N) is 3. The van der Waals surface area contributed by atoms with Gasteiger partial charge in [-0.1, -0.05) is 0 Å². The van der Waals surface area contributed by atoms with Gasteiger partial charge in [-0.3, -0.25) is 9.36 Å². The average molecular weight is 185 g/mol. The summed E-state index contributed by atoms with van der Waals surface area (Å²) >= 11 is 0. The summed E-state index contributed by atoms with van der Waals surface area (Å²) in [6.45, 7) is 1.46. The molecule has 0 saturated carbocycles. The van der Waals surface area contributed by atoms with Crippen molar-refractivity contribution in [1.29, 1.82) is 5.26 Å². The van der Waals surface area contributed by atoms with Crippen molar-refractivity contribution in [2.75, 3.05) is 0 Å². The fraction of sp³-hybridized carbons (Fsp3) is 0.100. The fourth-order valence-corrected chi connectivity index (χ4v) is 1.39. The van der Waals surface area contributed by atoms with E-state index in [2.05, 4.69) is 11.1 Å². The molecule has 0 spiro atoms. The lowest BCUT2D eigenvalue weighted by molar-refractivity contribution is 0.0941. The summed E-state index contributed by atoms with van der Waals surface area (Å²) in [5, 5.41) is 9.52. The van der Waals surface area contributed by atoms with Gasteiger partial charge >= 0.3 is 0 Å². The fourth-order valence-electron chi connectivity index (χ4n) is 1.39. The third-order valence-corrected chi connectivity index (χ3v) is 2.05. The van der Waals surface area contributed by atoms with Crippen LogP contribution >= 0.6 is 0 Å². The Morgan fingerprint density at radius 2 is 2.36 bits per heavy atom. The van der Waals surface area contributed by atoms with Crippen LogP contribution in [0.15, 0.2) is 24.5 Å². The molecule has 0 aromatic carbocycles. The van der Waals surface area contributed by atoms with Crippen LogP contribution in [0.5, 0.6) is 0 Å². The van der Waals surface area contributed by atoms with Crippen LogP contribution in [0.25, 0.3) is 11.0 Å². The first-order valence-electron chi connectivity index (χ1n) is 4.11. The molecule has 0 amide bonds. The Kier molecular flexibility index (Phi) is 1.79. The molecular weight excluding hydrogens is 178 g/mol. The van der Waals surface area contributed by atoms with Gasteiger partial charge < -0.3 is 0 Å². The Labute approximate surface area is 80.4 Å². The first-order valence-corrected chi connectivity index (χ1v) is 4.11. The number of nitriles is 1. The van der Waals surface area contributed by atoms with Gasteiger partial charge in [-0.2, -0.15) is 5.26 Å². The number of aromatic nitrogens is 2. The molecule has 0 bridgehead atoms. The second kappa shape index (κ2) is 2.96. The Bertz CT molecular complexity index is 548. The Balaban J connectivity index is 2.84. The van der Waals surface area contributed by atoms with Crippen molar-refractivity contribution in [2.45, 2.75) is 6.92 Å². The molecule has 68 valence electrons. The summed E-state index contributed by atoms with van der Waals surface area (Å²) in [4.78, 5) is 15.2. The largest absolute Gasteiger partial charge is 0.274 e. The van der Waals surface area contributed by atoms with Gasteiger partial charge in [0.25, 0.3) is 0 Å². The van der Waals surface area contributed by atoms with Crippen LogP contribution in [0.2, 0.25) is 0 Å². The van der Waals surface area contributed by atoms with Crippen molar-refractivity contribution in [1.82, 2.24) is 9.55 Å². The minimum atomic E-state index is -0.109. The third kappa shape index (κ3) is 1.07. The smallest absolute Gasteiger partial charge is 0.229 e. The molecule has 0 aliphatic heterocycles. The highest BCUT2D eigenvalue weighted by atomic mass is 16.1. The molecule has 2 aromatic heterocycles. The van der Waals surface area contributed by atoms with E-state index in [1.807, 2.05) is 0 Å². The molecular formula is C10H7N3O. The number of carbonyl (C=O) groups excluding carboxylic acids is 1. The van der Waals surface area contributed by atoms with Crippen molar-refractivity contribution in [3.63, 3.8) is 0 Å². The highest BCUT2D eigenvalue weighted by Crippen LogP contribution is 2.16. The number of hydrogen-bond acceptors (Lipinski definition) is 3. The minimum Gasteiger partial charge on any atom is -0.274 e. The maximum absolute atomic E-state index is 11.2. The second-order valence-electron chi connectivity index (χ2n) is 2.91. The van der Waals surface area contributed by atoms with Crippen molar-refractivity contribution < 1.29 is 4.79 Å². The van der Waals surface area contributed by atoms with Crippen LogP contribution in [-0.4, -0.2) is 15.5 Å². The summed E-state index contributed by atoms with van der Waals surface area (Å²) in [6.07, 6.45) is 3.15. The monoisotopic (exact) mass is 185 g/mol. The van der Waals surface area contributed by atoms with Gasteiger partial charge in [0.2, 0.25) is 5.91 Å². The van der Waals surface area contributed by atoms with Crippen LogP contribution < -0.4 is 0 Å². The molecule has 0 N–H and O–H groups in total. The molecule has 0 fully saturated rings. The highest BCUT2D eigenvalue weighted by Gasteiger charge is 2.08. The average Bonchev–Trinajstić information content (AvgIpc) is 2.60. The Hall–Kier alpha value is -2.15. The normalized spacial score (nSPS) is 10.0. The predicted octanol–water partition coefficient (Wildman–Crippen LogP) is 1.57. The van der Waals surface area contributed by atoms with Gasteiger partial charge in [0.05, 0.1) is 11.6 Å². The predicted molar refractivity (Wildman–Crippen MR) is 50.7 cm³/mol. The molecule has 0 aliphatic rings. The van der Waals surface area contributed by atoms with Gasteiger partial charge in [0.1, 0.15) is 5.65 Å². The number of hydrogen-bond donors (Lipinski definition) is 0. The highest BCUT2D eigenvalue weighted by molar-refractivity contribution is 5.91. The van der Waals surface area contributed by atoms with Gasteiger partial charge in [-0.05, 0) is 12.1 Å². The summed E-state index contributed by atoms with van der Waals surface area (Å²) in [5.41, 5.74) is 1.08. The molecule has 0 saturated heterocycles. The van der Waals surface area contributed by atoms with Crippen molar-refractivity contribution >= 4 is 16.9 Å². The van der Waals surface area contributed by atoms with E-state index in [1.54, 1.807) is 18.3 Å². The molecule has 4 nitrogen and oxygen atoms in total. The zero-order chi connectivity index (χ0) is 10.1. The minimum absolute atomic E-state index is 0.109. The van der Waals surface area contributed by atoms with E-state index >= 15 is 0 Å². The first kappa shape index (κ1) is 8.45. The van der Waals surface area contributed by atoms with Crippen LogP contribution in [0, 0.1) is 11.3 Å². The van der Waals surface area contributed by atoms with E-state index in [4.69, 9.17) is 5.26 Å². The van der Waals surface area contributed by atoms with Crippen LogP contribution in [0.1, 0.15) is 17.3 Å². The van der Waals surface area contributed by atoms with Crippen LogP contribution in [-0.2, 0) is 0 Å². The van der Waals surface area contributed by atoms with E-state index in [9.17, 15) is 4.79 Å². The zero-order valence-corrected chi connectivity index (χ0v) is 7.56. The van der Waals surface area contributed by atoms with Crippen molar-refractivity contribution in [3.05, 3.63) is 30.1 Å². The van der Waals surface area contributed by atoms with Crippen LogP contribution in [0.3, 0.4) is 0 Å². The molecule has 14 heavy (non-hydrogen) atoms. The third-order valence-electron chi connectivity index (χ3n) is 2.05. The molecule has 0 radical (unpaired) electrons. The summed E-state index contributed by atoms with van der Waals surface area (Å²) < 4.78 is 1.43. The van der Waals surface area contributed by atoms with Crippen LogP contribution in [0.4, 0.5) is 0 Å². The molecule has 2 heterocycles. The Morgan fingerprint density at radius 1 is 1.57 bits per heavy atom. The number of carbonyl (C=O) groups is 1. The number of fused-ring (bicyclic) bond motifs is 1. The molecule has 0 atom stereocenters. The molecule has 2 aromatic rings. The lowest BCUT2D eigenvalue weighted by atomic mass is 10.2. The van der Waals surface area contributed by atoms with E-state index in [-0.39, 0.29) is 5.91 Å². The molecule has 4 heteroatoms. The SMILES string of the molecule is CC(=O)n1ccc2c(C#N)ccnc21. The number of rotatable bonds is 0. The quantitative estimate of drug-likeness (QED) is 0.625. The summed E-state index contributed by atoms with van der Waals surface area (Å²) in [7, 11) is 0. The van der Waals surface area contributed by atoms with Crippen molar-refractivity contribution in [2.24, 2.45) is 0 Å². The van der Waals surface area contributed by atoms with Crippen molar-refractivity contribution in [3.8, 4) is 6.07 Å². The summed E-state index contributed by atoms with van der Waals surface area (Å²) in [5.74, 6) is -0.109. The molecule has 0 unspecified atom stereocenters. The number of pyridine rings is 1. The van der Waals surface area contributed by atoms with E-state index < -0.39 is 0 Å². The molecule has 0 aliphatic carbocycles. The lowest BCUT2D eigenvalue weighted by Crippen LogP contribution is -2.04. The maximum Gasteiger partial charge on any atom is 0.229 e. The van der Waals surface area contributed by atoms with Gasteiger partial charge in [0.15, 0.2) is 0 Å². The lowest BCUT2D eigenvalue weighted by Gasteiger charge is -1.97. The summed E-state index contributed by atoms with van der Waals surface area (Å²) in [6, 6.07) is 5.41. The zero-order valence-electron chi connectivity index (χ0n) is 7.56. The second-order valence-corrected chi connectivity index (χ2v) is 2.91. The van der Waals surface area contributed by atoms with Gasteiger partial charge in [-0.25, -0.2) is 4.98 Å². The van der Waals surface area contributed by atoms with E-state index in [1.165, 1.54) is 17.7 Å². The first-order chi connectivity index (χ1) is 6.74. The van der Waals surface area contributed by atoms with E-state index in [0.717, 1.165) is 0 Å².